The molecule has 1 aliphatic rings. The van der Waals surface area contributed by atoms with Crippen LogP contribution < -0.4 is 0 Å². The van der Waals surface area contributed by atoms with Gasteiger partial charge in [-0.3, -0.25) is 4.79 Å². The minimum absolute atomic E-state index is 0.0410. The van der Waals surface area contributed by atoms with Gasteiger partial charge in [-0.25, -0.2) is 0 Å². The summed E-state index contributed by atoms with van der Waals surface area (Å²) in [6.45, 7) is 4.10. The maximum absolute atomic E-state index is 12.5. The van der Waals surface area contributed by atoms with E-state index in [0.29, 0.717) is 17.1 Å². The molecule has 0 spiro atoms. The summed E-state index contributed by atoms with van der Waals surface area (Å²) in [7, 11) is 0. The molecule has 1 fully saturated rings. The maximum Gasteiger partial charge on any atom is 0.255 e. The third kappa shape index (κ3) is 3.36. The molecule has 1 heterocycles. The smallest absolute Gasteiger partial charge is 0.255 e. The first kappa shape index (κ1) is 14.1. The monoisotopic (exact) mass is 379 g/mol. The lowest BCUT2D eigenvalue weighted by Gasteiger charge is -2.22. The summed E-state index contributed by atoms with van der Waals surface area (Å²) in [5, 5.41) is 0.595. The Bertz CT molecular complexity index is 453. The zero-order chi connectivity index (χ0) is 13.1. The maximum atomic E-state index is 12.5. The van der Waals surface area contributed by atoms with Crippen LogP contribution in [-0.2, 0) is 4.74 Å². The van der Waals surface area contributed by atoms with E-state index in [-0.39, 0.29) is 12.0 Å². The number of halogens is 2. The van der Waals surface area contributed by atoms with Crippen molar-refractivity contribution in [2.24, 2.45) is 0 Å². The molecule has 0 aliphatic carbocycles. The molecule has 98 valence electrons. The predicted molar refractivity (Wildman–Crippen MR) is 80.1 cm³/mol. The summed E-state index contributed by atoms with van der Waals surface area (Å²) in [5.41, 5.74) is 0.678. The van der Waals surface area contributed by atoms with E-state index in [1.165, 1.54) is 0 Å². The van der Waals surface area contributed by atoms with Crippen LogP contribution in [0.4, 0.5) is 0 Å². The molecule has 1 aliphatic heterocycles. The van der Waals surface area contributed by atoms with E-state index in [4.69, 9.17) is 16.3 Å². The molecule has 1 saturated heterocycles. The Kier molecular flexibility index (Phi) is 4.86. The highest BCUT2D eigenvalue weighted by Gasteiger charge is 2.22. The summed E-state index contributed by atoms with van der Waals surface area (Å²) in [6.07, 6.45) is 0.973. The van der Waals surface area contributed by atoms with Crippen LogP contribution in [0.2, 0.25) is 5.02 Å². The SMILES string of the molecule is CC1CN(C(=O)c2cc(Cl)ccc2I)CCCO1. The first-order valence-corrected chi connectivity index (χ1v) is 7.39. The molecule has 0 radical (unpaired) electrons. The van der Waals surface area contributed by atoms with Gasteiger partial charge in [-0.15, -0.1) is 0 Å². The minimum atomic E-state index is 0.0410. The van der Waals surface area contributed by atoms with Gasteiger partial charge in [0.1, 0.15) is 0 Å². The van der Waals surface area contributed by atoms with Crippen molar-refractivity contribution in [3.63, 3.8) is 0 Å². The molecule has 0 bridgehead atoms. The minimum Gasteiger partial charge on any atom is -0.377 e. The topological polar surface area (TPSA) is 29.5 Å². The quantitative estimate of drug-likeness (QED) is 0.701. The summed E-state index contributed by atoms with van der Waals surface area (Å²) < 4.78 is 6.48. The molecule has 5 heteroatoms. The van der Waals surface area contributed by atoms with Crippen LogP contribution in [0.1, 0.15) is 23.7 Å². The number of carbonyl (C=O) groups excluding carboxylic acids is 1. The molecule has 1 atom stereocenters. The van der Waals surface area contributed by atoms with Gasteiger partial charge in [0, 0.05) is 28.3 Å². The van der Waals surface area contributed by atoms with Crippen LogP contribution >= 0.6 is 34.2 Å². The van der Waals surface area contributed by atoms with Crippen molar-refractivity contribution in [2.75, 3.05) is 19.7 Å². The van der Waals surface area contributed by atoms with Gasteiger partial charge in [0.05, 0.1) is 11.7 Å². The van der Waals surface area contributed by atoms with Gasteiger partial charge in [-0.2, -0.15) is 0 Å². The van der Waals surface area contributed by atoms with E-state index in [1.54, 1.807) is 12.1 Å². The fourth-order valence-corrected chi connectivity index (χ4v) is 2.75. The number of hydrogen-bond acceptors (Lipinski definition) is 2. The van der Waals surface area contributed by atoms with Gasteiger partial charge in [-0.05, 0) is 54.1 Å². The average Bonchev–Trinajstić information content (AvgIpc) is 2.56. The first-order valence-electron chi connectivity index (χ1n) is 5.94. The Morgan fingerprint density at radius 1 is 1.56 bits per heavy atom. The van der Waals surface area contributed by atoms with E-state index >= 15 is 0 Å². The van der Waals surface area contributed by atoms with E-state index in [9.17, 15) is 4.79 Å². The number of amides is 1. The molecule has 3 nitrogen and oxygen atoms in total. The number of carbonyl (C=O) groups is 1. The third-order valence-corrected chi connectivity index (χ3v) is 4.07. The normalized spacial score (nSPS) is 20.6. The van der Waals surface area contributed by atoms with Crippen molar-refractivity contribution in [2.45, 2.75) is 19.4 Å². The Labute approximate surface area is 126 Å². The van der Waals surface area contributed by atoms with Gasteiger partial charge in [0.15, 0.2) is 0 Å². The van der Waals surface area contributed by atoms with Crippen LogP contribution in [0.15, 0.2) is 18.2 Å². The Morgan fingerprint density at radius 2 is 2.33 bits per heavy atom. The molecule has 2 rings (SSSR count). The lowest BCUT2D eigenvalue weighted by molar-refractivity contribution is 0.0562. The lowest BCUT2D eigenvalue weighted by atomic mass is 10.2. The number of ether oxygens (including phenoxy) is 1. The largest absolute Gasteiger partial charge is 0.377 e. The second-order valence-electron chi connectivity index (χ2n) is 4.41. The molecular formula is C13H15ClINO2. The molecular weight excluding hydrogens is 365 g/mol. The highest BCUT2D eigenvalue weighted by atomic mass is 127. The van der Waals surface area contributed by atoms with Crippen molar-refractivity contribution in [1.29, 1.82) is 0 Å². The lowest BCUT2D eigenvalue weighted by Crippen LogP contribution is -2.36. The van der Waals surface area contributed by atoms with Crippen molar-refractivity contribution in [1.82, 2.24) is 4.90 Å². The van der Waals surface area contributed by atoms with Gasteiger partial charge >= 0.3 is 0 Å². The average molecular weight is 380 g/mol. The standard InChI is InChI=1S/C13H15ClINO2/c1-9-8-16(5-2-6-18-9)13(17)11-7-10(14)3-4-12(11)15/h3-4,7,9H,2,5-6,8H2,1H3. The molecule has 1 aromatic carbocycles. The molecule has 0 aromatic heterocycles. The van der Waals surface area contributed by atoms with E-state index in [2.05, 4.69) is 22.6 Å². The summed E-state index contributed by atoms with van der Waals surface area (Å²) in [6, 6.07) is 5.41. The van der Waals surface area contributed by atoms with Gasteiger partial charge in [0.2, 0.25) is 0 Å². The van der Waals surface area contributed by atoms with Crippen LogP contribution in [-0.4, -0.2) is 36.6 Å². The number of rotatable bonds is 1. The van der Waals surface area contributed by atoms with Gasteiger partial charge in [-0.1, -0.05) is 11.6 Å². The number of hydrogen-bond donors (Lipinski definition) is 0. The van der Waals surface area contributed by atoms with Crippen LogP contribution in [0, 0.1) is 3.57 Å². The molecule has 1 amide bonds. The predicted octanol–water partition coefficient (Wildman–Crippen LogP) is 3.20. The summed E-state index contributed by atoms with van der Waals surface area (Å²) in [4.78, 5) is 14.3. The zero-order valence-electron chi connectivity index (χ0n) is 10.2. The van der Waals surface area contributed by atoms with Crippen LogP contribution in [0.25, 0.3) is 0 Å². The fraction of sp³-hybridized carbons (Fsp3) is 0.462. The molecule has 18 heavy (non-hydrogen) atoms. The highest BCUT2D eigenvalue weighted by molar-refractivity contribution is 14.1. The zero-order valence-corrected chi connectivity index (χ0v) is 13.1. The van der Waals surface area contributed by atoms with E-state index in [0.717, 1.165) is 23.1 Å². The van der Waals surface area contributed by atoms with E-state index in [1.807, 2.05) is 17.9 Å². The summed E-state index contributed by atoms with van der Waals surface area (Å²) >= 11 is 8.13. The Balaban J connectivity index is 2.21. The highest BCUT2D eigenvalue weighted by Crippen LogP contribution is 2.20. The summed E-state index contributed by atoms with van der Waals surface area (Å²) in [5.74, 6) is 0.0410. The fourth-order valence-electron chi connectivity index (χ4n) is 2.01. The number of nitrogens with zero attached hydrogens (tertiary/aromatic N) is 1. The Morgan fingerprint density at radius 3 is 3.11 bits per heavy atom. The van der Waals surface area contributed by atoms with Crippen molar-refractivity contribution in [3.05, 3.63) is 32.4 Å². The molecule has 1 aromatic rings. The van der Waals surface area contributed by atoms with Crippen LogP contribution in [0.3, 0.4) is 0 Å². The van der Waals surface area contributed by atoms with Crippen LogP contribution in [0.5, 0.6) is 0 Å². The second-order valence-corrected chi connectivity index (χ2v) is 6.01. The number of benzene rings is 1. The molecule has 1 unspecified atom stereocenters. The Hall–Kier alpha value is -0.330. The van der Waals surface area contributed by atoms with E-state index < -0.39 is 0 Å². The van der Waals surface area contributed by atoms with Crippen molar-refractivity contribution >= 4 is 40.1 Å². The van der Waals surface area contributed by atoms with Crippen molar-refractivity contribution in [3.8, 4) is 0 Å². The second kappa shape index (κ2) is 6.21. The van der Waals surface area contributed by atoms with Gasteiger partial charge in [0.25, 0.3) is 5.91 Å². The van der Waals surface area contributed by atoms with Crippen molar-refractivity contribution < 1.29 is 9.53 Å². The molecule has 0 saturated carbocycles. The van der Waals surface area contributed by atoms with Gasteiger partial charge < -0.3 is 9.64 Å². The third-order valence-electron chi connectivity index (χ3n) is 2.90. The first-order chi connectivity index (χ1) is 8.58. The molecule has 0 N–H and O–H groups in total.